The number of ether oxygens (including phenoxy) is 1. The minimum atomic E-state index is 0.0634. The maximum atomic E-state index is 11.1. The van der Waals surface area contributed by atoms with Crippen LogP contribution in [0.25, 0.3) is 0 Å². The molecule has 0 aromatic heterocycles. The summed E-state index contributed by atoms with van der Waals surface area (Å²) in [4.78, 5) is 13.6. The molecule has 0 saturated carbocycles. The normalized spacial score (nSPS) is 18.9. The van der Waals surface area contributed by atoms with E-state index >= 15 is 0 Å². The Labute approximate surface area is 140 Å². The van der Waals surface area contributed by atoms with E-state index in [4.69, 9.17) is 4.74 Å². The molecule has 0 spiro atoms. The molecular formula is C19H30N2O2. The van der Waals surface area contributed by atoms with E-state index in [1.54, 1.807) is 14.0 Å². The lowest BCUT2D eigenvalue weighted by molar-refractivity contribution is -0.119. The average Bonchev–Trinajstić information content (AvgIpc) is 2.53. The lowest BCUT2D eigenvalue weighted by atomic mass is 9.96. The van der Waals surface area contributed by atoms with Crippen LogP contribution in [0.2, 0.25) is 0 Å². The molecule has 4 nitrogen and oxygen atoms in total. The van der Waals surface area contributed by atoms with E-state index in [0.717, 1.165) is 31.9 Å². The Hall–Kier alpha value is -1.55. The first-order chi connectivity index (χ1) is 11.0. The van der Waals surface area contributed by atoms with Gasteiger partial charge in [-0.05, 0) is 42.9 Å². The maximum Gasteiger partial charge on any atom is 0.216 e. The monoisotopic (exact) mass is 318 g/mol. The average molecular weight is 318 g/mol. The molecule has 4 heteroatoms. The van der Waals surface area contributed by atoms with E-state index in [9.17, 15) is 4.79 Å². The van der Waals surface area contributed by atoms with Crippen LogP contribution in [0.1, 0.15) is 50.7 Å². The number of amides is 1. The summed E-state index contributed by atoms with van der Waals surface area (Å²) in [7, 11) is 1.74. The Bertz CT molecular complexity index is 528. The summed E-state index contributed by atoms with van der Waals surface area (Å²) in [6.07, 6.45) is 2.39. The Morgan fingerprint density at radius 3 is 2.87 bits per heavy atom. The van der Waals surface area contributed by atoms with Gasteiger partial charge in [-0.1, -0.05) is 26.0 Å². The molecule has 1 saturated heterocycles. The molecule has 1 aliphatic heterocycles. The second-order valence-electron chi connectivity index (χ2n) is 6.91. The number of carbonyl (C=O) groups excluding carboxylic acids is 1. The molecule has 2 rings (SSSR count). The van der Waals surface area contributed by atoms with E-state index in [1.807, 2.05) is 0 Å². The fourth-order valence-corrected chi connectivity index (χ4v) is 3.27. The molecular weight excluding hydrogens is 288 g/mol. The fourth-order valence-electron chi connectivity index (χ4n) is 3.27. The van der Waals surface area contributed by atoms with Crippen LogP contribution < -0.4 is 10.1 Å². The molecule has 1 heterocycles. The van der Waals surface area contributed by atoms with Crippen LogP contribution >= 0.6 is 0 Å². The van der Waals surface area contributed by atoms with Crippen LogP contribution in [0.3, 0.4) is 0 Å². The number of methoxy groups -OCH3 is 1. The third-order valence-corrected chi connectivity index (χ3v) is 4.61. The first-order valence-electron chi connectivity index (χ1n) is 8.63. The van der Waals surface area contributed by atoms with Gasteiger partial charge in [0.1, 0.15) is 5.75 Å². The number of nitrogens with one attached hydrogen (secondary N) is 1. The predicted molar refractivity (Wildman–Crippen MR) is 93.8 cm³/mol. The third-order valence-electron chi connectivity index (χ3n) is 4.61. The van der Waals surface area contributed by atoms with Crippen LogP contribution in [-0.2, 0) is 11.3 Å². The fraction of sp³-hybridized carbons (Fsp3) is 0.632. The molecule has 23 heavy (non-hydrogen) atoms. The minimum absolute atomic E-state index is 0.0634. The number of likely N-dealkylation sites (tertiary alicyclic amines) is 1. The summed E-state index contributed by atoms with van der Waals surface area (Å²) >= 11 is 0. The largest absolute Gasteiger partial charge is 0.496 e. The summed E-state index contributed by atoms with van der Waals surface area (Å²) in [5, 5.41) is 2.96. The topological polar surface area (TPSA) is 41.6 Å². The molecule has 0 unspecified atom stereocenters. The van der Waals surface area contributed by atoms with Gasteiger partial charge >= 0.3 is 0 Å². The second-order valence-corrected chi connectivity index (χ2v) is 6.91. The Kier molecular flexibility index (Phi) is 6.46. The van der Waals surface area contributed by atoms with E-state index in [0.29, 0.717) is 11.8 Å². The minimum Gasteiger partial charge on any atom is -0.496 e. The number of benzene rings is 1. The van der Waals surface area contributed by atoms with Gasteiger partial charge in [0.2, 0.25) is 5.91 Å². The molecule has 1 N–H and O–H groups in total. The number of nitrogens with zero attached hydrogens (tertiary/aromatic N) is 1. The molecule has 1 aromatic carbocycles. The molecule has 0 aliphatic carbocycles. The third kappa shape index (κ3) is 5.24. The smallest absolute Gasteiger partial charge is 0.216 e. The van der Waals surface area contributed by atoms with Gasteiger partial charge in [-0.25, -0.2) is 0 Å². The molecule has 1 fully saturated rings. The van der Waals surface area contributed by atoms with E-state index in [-0.39, 0.29) is 5.91 Å². The van der Waals surface area contributed by atoms with E-state index in [1.165, 1.54) is 24.0 Å². The first kappa shape index (κ1) is 17.8. The van der Waals surface area contributed by atoms with Crippen molar-refractivity contribution in [3.63, 3.8) is 0 Å². The molecule has 1 atom stereocenters. The van der Waals surface area contributed by atoms with Gasteiger partial charge < -0.3 is 10.1 Å². The molecule has 1 aliphatic rings. The lowest BCUT2D eigenvalue weighted by Crippen LogP contribution is -2.40. The van der Waals surface area contributed by atoms with Gasteiger partial charge in [-0.2, -0.15) is 0 Å². The van der Waals surface area contributed by atoms with Crippen LogP contribution in [0.4, 0.5) is 0 Å². The van der Waals surface area contributed by atoms with Gasteiger partial charge in [-0.3, -0.25) is 9.69 Å². The second kappa shape index (κ2) is 8.34. The predicted octanol–water partition coefficient (Wildman–Crippen LogP) is 3.17. The summed E-state index contributed by atoms with van der Waals surface area (Å²) in [5.74, 6) is 2.10. The maximum absolute atomic E-state index is 11.1. The zero-order valence-corrected chi connectivity index (χ0v) is 14.9. The van der Waals surface area contributed by atoms with Crippen molar-refractivity contribution in [2.45, 2.75) is 46.1 Å². The molecule has 1 aromatic rings. The number of piperidine rings is 1. The first-order valence-corrected chi connectivity index (χ1v) is 8.63. The van der Waals surface area contributed by atoms with Gasteiger partial charge in [0, 0.05) is 32.1 Å². The van der Waals surface area contributed by atoms with Crippen molar-refractivity contribution in [1.29, 1.82) is 0 Å². The number of hydrogen-bond donors (Lipinski definition) is 1. The SMILES string of the molecule is COc1ccc(C(C)C)cc1CN1CCC[C@H](CNC(C)=O)C1. The molecule has 0 bridgehead atoms. The Morgan fingerprint density at radius 1 is 1.43 bits per heavy atom. The molecule has 0 radical (unpaired) electrons. The van der Waals surface area contributed by atoms with Gasteiger partial charge in [0.05, 0.1) is 7.11 Å². The van der Waals surface area contributed by atoms with Crippen LogP contribution in [0, 0.1) is 5.92 Å². The van der Waals surface area contributed by atoms with Crippen LogP contribution in [0.15, 0.2) is 18.2 Å². The van der Waals surface area contributed by atoms with E-state index in [2.05, 4.69) is 42.3 Å². The van der Waals surface area contributed by atoms with Crippen molar-refractivity contribution in [2.24, 2.45) is 5.92 Å². The number of rotatable bonds is 6. The Morgan fingerprint density at radius 2 is 2.22 bits per heavy atom. The number of carbonyl (C=O) groups is 1. The van der Waals surface area contributed by atoms with Gasteiger partial charge in [0.15, 0.2) is 0 Å². The Balaban J connectivity index is 2.02. The van der Waals surface area contributed by atoms with Crippen molar-refractivity contribution < 1.29 is 9.53 Å². The highest BCUT2D eigenvalue weighted by atomic mass is 16.5. The lowest BCUT2D eigenvalue weighted by Gasteiger charge is -2.33. The summed E-state index contributed by atoms with van der Waals surface area (Å²) in [6.45, 7) is 9.88. The summed E-state index contributed by atoms with van der Waals surface area (Å²) in [5.41, 5.74) is 2.62. The van der Waals surface area contributed by atoms with Gasteiger partial charge in [-0.15, -0.1) is 0 Å². The standard InChI is InChI=1S/C19H30N2O2/c1-14(2)17-7-8-19(23-4)18(10-17)13-21-9-5-6-16(12-21)11-20-15(3)22/h7-8,10,14,16H,5-6,9,11-13H2,1-4H3,(H,20,22)/t16-/m1/s1. The highest BCUT2D eigenvalue weighted by Gasteiger charge is 2.21. The molecule has 1 amide bonds. The van der Waals surface area contributed by atoms with Crippen molar-refractivity contribution in [1.82, 2.24) is 10.2 Å². The van der Waals surface area contributed by atoms with Crippen LogP contribution in [0.5, 0.6) is 5.75 Å². The highest BCUT2D eigenvalue weighted by Crippen LogP contribution is 2.27. The van der Waals surface area contributed by atoms with Crippen molar-refractivity contribution in [2.75, 3.05) is 26.7 Å². The van der Waals surface area contributed by atoms with E-state index < -0.39 is 0 Å². The van der Waals surface area contributed by atoms with Crippen molar-refractivity contribution in [3.05, 3.63) is 29.3 Å². The summed E-state index contributed by atoms with van der Waals surface area (Å²) < 4.78 is 5.54. The zero-order valence-electron chi connectivity index (χ0n) is 14.9. The van der Waals surface area contributed by atoms with Crippen LogP contribution in [-0.4, -0.2) is 37.6 Å². The number of hydrogen-bond acceptors (Lipinski definition) is 3. The highest BCUT2D eigenvalue weighted by molar-refractivity contribution is 5.72. The van der Waals surface area contributed by atoms with Gasteiger partial charge in [0.25, 0.3) is 0 Å². The van der Waals surface area contributed by atoms with Crippen molar-refractivity contribution in [3.8, 4) is 5.75 Å². The zero-order chi connectivity index (χ0) is 16.8. The van der Waals surface area contributed by atoms with Crippen molar-refractivity contribution >= 4 is 5.91 Å². The summed E-state index contributed by atoms with van der Waals surface area (Å²) in [6, 6.07) is 6.52. The molecule has 128 valence electrons. The quantitative estimate of drug-likeness (QED) is 0.876.